The van der Waals surface area contributed by atoms with Crippen molar-refractivity contribution in [3.8, 4) is 0 Å². The third-order valence-electron chi connectivity index (χ3n) is 4.75. The molecule has 2 aromatic heterocycles. The number of nitrogens with one attached hydrogen (secondary N) is 2. The lowest BCUT2D eigenvalue weighted by Gasteiger charge is -2.27. The van der Waals surface area contributed by atoms with Crippen LogP contribution in [0.25, 0.3) is 11.0 Å². The summed E-state index contributed by atoms with van der Waals surface area (Å²) in [5.41, 5.74) is -0.134. The smallest absolute Gasteiger partial charge is 0.191 e. The van der Waals surface area contributed by atoms with Gasteiger partial charge in [0.2, 0.25) is 0 Å². The number of aliphatic hydroxyl groups excluding tert-OH is 2. The Labute approximate surface area is 148 Å². The van der Waals surface area contributed by atoms with Crippen LogP contribution in [0.3, 0.4) is 0 Å². The van der Waals surface area contributed by atoms with Crippen molar-refractivity contribution >= 4 is 34.3 Å². The fourth-order valence-corrected chi connectivity index (χ4v) is 3.79. The van der Waals surface area contributed by atoms with E-state index in [9.17, 15) is 15.3 Å². The summed E-state index contributed by atoms with van der Waals surface area (Å²) in [4.78, 5) is 9.11. The minimum atomic E-state index is -1.57. The standard InChI is InChI=1S/C15H21N5O4S/c1-15(23)10(22)8(6-21)24-13(15)20-5-7-9-11(17-4-3-16-7)18-14(25-2)19-12(9)20/h5,8,10,13,16,21-23H,3-4,6H2,1-2H3,(H,17,18,19)/t8-,10-,13?,15?/m1/s1. The molecule has 4 atom stereocenters. The summed E-state index contributed by atoms with van der Waals surface area (Å²) in [5.74, 6) is 0.727. The van der Waals surface area contributed by atoms with Crippen molar-refractivity contribution in [2.45, 2.75) is 36.1 Å². The third-order valence-corrected chi connectivity index (χ3v) is 5.30. The van der Waals surface area contributed by atoms with Gasteiger partial charge in [0.15, 0.2) is 17.0 Å². The van der Waals surface area contributed by atoms with Gasteiger partial charge in [-0.2, -0.15) is 0 Å². The molecule has 136 valence electrons. The average molecular weight is 367 g/mol. The number of rotatable bonds is 3. The van der Waals surface area contributed by atoms with Crippen LogP contribution in [0, 0.1) is 0 Å². The van der Waals surface area contributed by atoms with Gasteiger partial charge in [-0.1, -0.05) is 11.8 Å². The molecule has 2 aliphatic heterocycles. The number of aliphatic hydroxyl groups is 3. The van der Waals surface area contributed by atoms with E-state index in [2.05, 4.69) is 20.6 Å². The largest absolute Gasteiger partial charge is 0.394 e. The maximum Gasteiger partial charge on any atom is 0.191 e. The Bertz CT molecular complexity index is 811. The van der Waals surface area contributed by atoms with Crippen LogP contribution in [0.5, 0.6) is 0 Å². The van der Waals surface area contributed by atoms with E-state index in [0.29, 0.717) is 17.3 Å². The number of ether oxygens (including phenoxy) is 1. The Hall–Kier alpha value is -1.59. The second kappa shape index (κ2) is 5.99. The molecular formula is C15H21N5O4S. The average Bonchev–Trinajstić information content (AvgIpc) is 2.96. The molecule has 25 heavy (non-hydrogen) atoms. The van der Waals surface area contributed by atoms with E-state index < -0.39 is 24.0 Å². The molecular weight excluding hydrogens is 346 g/mol. The Balaban J connectivity index is 1.91. The number of thioether (sulfide) groups is 1. The van der Waals surface area contributed by atoms with E-state index in [1.807, 2.05) is 12.5 Å². The first kappa shape index (κ1) is 16.9. The van der Waals surface area contributed by atoms with Crippen molar-refractivity contribution in [1.82, 2.24) is 14.5 Å². The molecule has 0 aliphatic carbocycles. The Kier molecular flexibility index (Phi) is 4.04. The Morgan fingerprint density at radius 3 is 2.84 bits per heavy atom. The van der Waals surface area contributed by atoms with Crippen LogP contribution >= 0.6 is 11.8 Å². The van der Waals surface area contributed by atoms with E-state index in [1.54, 1.807) is 4.57 Å². The molecule has 4 heterocycles. The number of hydrogen-bond acceptors (Lipinski definition) is 9. The highest BCUT2D eigenvalue weighted by atomic mass is 32.2. The van der Waals surface area contributed by atoms with Crippen molar-refractivity contribution in [1.29, 1.82) is 0 Å². The number of aromatic nitrogens is 3. The van der Waals surface area contributed by atoms with Crippen molar-refractivity contribution in [3.05, 3.63) is 6.20 Å². The van der Waals surface area contributed by atoms with E-state index in [-0.39, 0.29) is 6.61 Å². The lowest BCUT2D eigenvalue weighted by Crippen LogP contribution is -2.44. The zero-order valence-corrected chi connectivity index (χ0v) is 14.7. The van der Waals surface area contributed by atoms with E-state index in [0.717, 1.165) is 23.4 Å². The molecule has 5 N–H and O–H groups in total. The van der Waals surface area contributed by atoms with Crippen LogP contribution < -0.4 is 10.6 Å². The van der Waals surface area contributed by atoms with E-state index >= 15 is 0 Å². The van der Waals surface area contributed by atoms with Gasteiger partial charge in [-0.25, -0.2) is 9.97 Å². The van der Waals surface area contributed by atoms with Crippen molar-refractivity contribution in [3.63, 3.8) is 0 Å². The fourth-order valence-electron chi connectivity index (χ4n) is 3.43. The predicted octanol–water partition coefficient (Wildman–Crippen LogP) is -0.00780. The monoisotopic (exact) mass is 367 g/mol. The first-order valence-corrected chi connectivity index (χ1v) is 9.31. The van der Waals surface area contributed by atoms with Crippen LogP contribution in [0.2, 0.25) is 0 Å². The molecule has 0 spiro atoms. The Morgan fingerprint density at radius 1 is 1.40 bits per heavy atom. The van der Waals surface area contributed by atoms with Crippen LogP contribution in [0.15, 0.2) is 11.4 Å². The molecule has 1 saturated heterocycles. The van der Waals surface area contributed by atoms with E-state index in [1.165, 1.54) is 18.7 Å². The molecule has 2 aromatic rings. The van der Waals surface area contributed by atoms with Gasteiger partial charge in [0.1, 0.15) is 23.6 Å². The van der Waals surface area contributed by atoms with Crippen molar-refractivity contribution in [2.75, 3.05) is 36.6 Å². The minimum Gasteiger partial charge on any atom is -0.394 e. The van der Waals surface area contributed by atoms with Crippen LogP contribution in [0.1, 0.15) is 13.2 Å². The van der Waals surface area contributed by atoms with Gasteiger partial charge in [0.25, 0.3) is 0 Å². The molecule has 0 radical (unpaired) electrons. The van der Waals surface area contributed by atoms with Crippen molar-refractivity contribution in [2.24, 2.45) is 0 Å². The highest BCUT2D eigenvalue weighted by Gasteiger charge is 2.53. The minimum absolute atomic E-state index is 0.379. The maximum absolute atomic E-state index is 10.8. The van der Waals surface area contributed by atoms with Gasteiger partial charge < -0.3 is 35.3 Å². The van der Waals surface area contributed by atoms with Gasteiger partial charge in [0.05, 0.1) is 17.7 Å². The maximum atomic E-state index is 10.8. The zero-order chi connectivity index (χ0) is 17.8. The molecule has 9 nitrogen and oxygen atoms in total. The molecule has 1 fully saturated rings. The Morgan fingerprint density at radius 2 is 2.16 bits per heavy atom. The lowest BCUT2D eigenvalue weighted by atomic mass is 9.96. The van der Waals surface area contributed by atoms with Crippen LogP contribution in [-0.4, -0.2) is 73.6 Å². The molecule has 10 heteroatoms. The van der Waals surface area contributed by atoms with Gasteiger partial charge in [-0.3, -0.25) is 0 Å². The SMILES string of the molecule is CSc1nc2c3c(cn(C4O[C@H](CO)[C@@H](O)C4(C)O)c3n1)NCCN2. The fraction of sp³-hybridized carbons (Fsp3) is 0.600. The number of anilines is 2. The van der Waals surface area contributed by atoms with Crippen LogP contribution in [-0.2, 0) is 4.74 Å². The molecule has 0 amide bonds. The second-order valence-electron chi connectivity index (χ2n) is 6.44. The zero-order valence-electron chi connectivity index (χ0n) is 13.9. The summed E-state index contributed by atoms with van der Waals surface area (Å²) in [6, 6.07) is 0. The summed E-state index contributed by atoms with van der Waals surface area (Å²) >= 11 is 1.42. The molecule has 0 saturated carbocycles. The molecule has 0 bridgehead atoms. The quantitative estimate of drug-likeness (QED) is 0.376. The highest BCUT2D eigenvalue weighted by Crippen LogP contribution is 2.42. The topological polar surface area (TPSA) is 125 Å². The molecule has 2 aliphatic rings. The normalized spacial score (nSPS) is 31.6. The third kappa shape index (κ3) is 2.48. The lowest BCUT2D eigenvalue weighted by molar-refractivity contribution is -0.0948. The van der Waals surface area contributed by atoms with Gasteiger partial charge in [-0.15, -0.1) is 0 Å². The first-order valence-electron chi connectivity index (χ1n) is 8.08. The summed E-state index contributed by atoms with van der Waals surface area (Å²) in [5, 5.41) is 38.5. The predicted molar refractivity (Wildman–Crippen MR) is 93.9 cm³/mol. The number of nitrogens with zero attached hydrogens (tertiary/aromatic N) is 3. The highest BCUT2D eigenvalue weighted by molar-refractivity contribution is 7.98. The summed E-state index contributed by atoms with van der Waals surface area (Å²) < 4.78 is 7.46. The first-order chi connectivity index (χ1) is 12.0. The van der Waals surface area contributed by atoms with E-state index in [4.69, 9.17) is 4.74 Å². The number of hydrogen-bond donors (Lipinski definition) is 5. The van der Waals surface area contributed by atoms with Crippen molar-refractivity contribution < 1.29 is 20.1 Å². The molecule has 0 aromatic carbocycles. The van der Waals surface area contributed by atoms with Gasteiger partial charge >= 0.3 is 0 Å². The second-order valence-corrected chi connectivity index (χ2v) is 7.21. The van der Waals surface area contributed by atoms with Gasteiger partial charge in [0, 0.05) is 19.3 Å². The molecule has 2 unspecified atom stereocenters. The summed E-state index contributed by atoms with van der Waals surface area (Å²) in [6.07, 6.45) is 0.760. The summed E-state index contributed by atoms with van der Waals surface area (Å²) in [6.45, 7) is 2.57. The van der Waals surface area contributed by atoms with Gasteiger partial charge in [-0.05, 0) is 13.2 Å². The summed E-state index contributed by atoms with van der Waals surface area (Å²) in [7, 11) is 0. The van der Waals surface area contributed by atoms with Crippen LogP contribution in [0.4, 0.5) is 11.5 Å². The molecule has 4 rings (SSSR count).